The van der Waals surface area contributed by atoms with Gasteiger partial charge in [-0.1, -0.05) is 51.7 Å². The van der Waals surface area contributed by atoms with E-state index in [1.165, 1.54) is 0 Å². The van der Waals surface area contributed by atoms with Crippen molar-refractivity contribution in [3.05, 3.63) is 78.1 Å². The third kappa shape index (κ3) is 7.40. The number of hydrogen-bond acceptors (Lipinski definition) is 5. The summed E-state index contributed by atoms with van der Waals surface area (Å²) >= 11 is 5.17. The number of pyridine rings is 1. The first-order valence-corrected chi connectivity index (χ1v) is 16.9. The largest absolute Gasteiger partial charge is 0.450 e. The third-order valence-electron chi connectivity index (χ3n) is 6.01. The monoisotopic (exact) mass is 569 g/mol. The fourth-order valence-corrected chi connectivity index (χ4v) is 4.93. The van der Waals surface area contributed by atoms with E-state index >= 15 is 8.78 Å². The summed E-state index contributed by atoms with van der Waals surface area (Å²) in [6, 6.07) is 13.7. The maximum atomic E-state index is 15.1. The zero-order chi connectivity index (χ0) is 28.2. The van der Waals surface area contributed by atoms with E-state index in [0.717, 1.165) is 23.7 Å². The number of benzene rings is 2. The summed E-state index contributed by atoms with van der Waals surface area (Å²) in [6.45, 7) is 12.0. The Morgan fingerprint density at radius 1 is 1.08 bits per heavy atom. The maximum absolute atomic E-state index is 15.1. The molecule has 4 aromatic rings. The van der Waals surface area contributed by atoms with E-state index in [1.807, 2.05) is 30.7 Å². The number of para-hydroxylation sites is 1. The molecule has 0 spiro atoms. The van der Waals surface area contributed by atoms with Crippen molar-refractivity contribution >= 4 is 42.2 Å². The number of nitrogens with zero attached hydrogens (tertiary/aromatic N) is 2. The molecule has 6 nitrogen and oxygen atoms in total. The molecule has 0 radical (unpaired) electrons. The molecule has 2 aromatic heterocycles. The number of rotatable bonds is 10. The quantitative estimate of drug-likeness (QED) is 0.118. The molecule has 0 fully saturated rings. The first kappa shape index (κ1) is 28.7. The van der Waals surface area contributed by atoms with E-state index in [-0.39, 0.29) is 16.8 Å². The lowest BCUT2D eigenvalue weighted by molar-refractivity contribution is 0.0898. The molecule has 2 aromatic carbocycles. The summed E-state index contributed by atoms with van der Waals surface area (Å²) in [5, 5.41) is 3.35. The molecule has 0 aliphatic carbocycles. The molecule has 1 N–H and O–H groups in total. The van der Waals surface area contributed by atoms with Crippen LogP contribution in [0.3, 0.4) is 0 Å². The molecule has 0 saturated carbocycles. The Morgan fingerprint density at radius 2 is 1.77 bits per heavy atom. The highest BCUT2D eigenvalue weighted by atomic mass is 32.1. The standard InChI is InChI=1S/C29H33F2N3O3SSi/c1-19(2)22-17-34(18-35-13-14-39(3,4)5)28-26(22)25(11-12-32-28)37-27-23(30)15-20(16-24(27)31)33-29(38)36-21-9-7-6-8-10-21/h6-12,15-17,19H,13-14,18H2,1-5H3,(H,33,38). The normalized spacial score (nSPS) is 11.7. The van der Waals surface area contributed by atoms with Crippen molar-refractivity contribution in [2.24, 2.45) is 0 Å². The van der Waals surface area contributed by atoms with Gasteiger partial charge in [0.1, 0.15) is 23.9 Å². The lowest BCUT2D eigenvalue weighted by Gasteiger charge is -2.15. The predicted octanol–water partition coefficient (Wildman–Crippen LogP) is 8.32. The number of fused-ring (bicyclic) bond motifs is 1. The average molecular weight is 570 g/mol. The average Bonchev–Trinajstić information content (AvgIpc) is 3.24. The molecule has 4 rings (SSSR count). The second kappa shape index (κ2) is 12.2. The van der Waals surface area contributed by atoms with Crippen molar-refractivity contribution in [1.82, 2.24) is 9.55 Å². The minimum Gasteiger partial charge on any atom is -0.450 e. The summed E-state index contributed by atoms with van der Waals surface area (Å²) in [5.74, 6) is -1.35. The van der Waals surface area contributed by atoms with Crippen molar-refractivity contribution in [3.8, 4) is 17.2 Å². The van der Waals surface area contributed by atoms with Crippen LogP contribution in [-0.2, 0) is 11.5 Å². The maximum Gasteiger partial charge on any atom is 0.266 e. The fourth-order valence-electron chi connectivity index (χ4n) is 3.96. The van der Waals surface area contributed by atoms with Gasteiger partial charge in [0.15, 0.2) is 17.4 Å². The number of ether oxygens (including phenoxy) is 3. The van der Waals surface area contributed by atoms with Crippen molar-refractivity contribution in [2.75, 3.05) is 11.9 Å². The molecule has 206 valence electrons. The Labute approximate surface area is 233 Å². The van der Waals surface area contributed by atoms with Crippen LogP contribution in [-0.4, -0.2) is 29.4 Å². The van der Waals surface area contributed by atoms with E-state index in [9.17, 15) is 0 Å². The van der Waals surface area contributed by atoms with Gasteiger partial charge >= 0.3 is 0 Å². The minimum absolute atomic E-state index is 0.0421. The molecule has 0 amide bonds. The van der Waals surface area contributed by atoms with Gasteiger partial charge in [0, 0.05) is 44.9 Å². The van der Waals surface area contributed by atoms with Crippen molar-refractivity contribution in [2.45, 2.75) is 52.2 Å². The Morgan fingerprint density at radius 3 is 2.41 bits per heavy atom. The zero-order valence-corrected chi connectivity index (χ0v) is 24.6. The van der Waals surface area contributed by atoms with Crippen LogP contribution >= 0.6 is 12.2 Å². The Kier molecular flexibility index (Phi) is 8.99. The van der Waals surface area contributed by atoms with E-state index in [4.69, 9.17) is 26.4 Å². The highest BCUT2D eigenvalue weighted by Crippen LogP contribution is 2.38. The van der Waals surface area contributed by atoms with Crippen LogP contribution < -0.4 is 14.8 Å². The van der Waals surface area contributed by atoms with Crippen LogP contribution in [0.15, 0.2) is 60.9 Å². The molecule has 0 atom stereocenters. The van der Waals surface area contributed by atoms with Crippen molar-refractivity contribution in [3.63, 3.8) is 0 Å². The van der Waals surface area contributed by atoms with Gasteiger partial charge in [-0.25, -0.2) is 13.8 Å². The molecule has 2 heterocycles. The highest BCUT2D eigenvalue weighted by Gasteiger charge is 2.21. The summed E-state index contributed by atoms with van der Waals surface area (Å²) in [5.41, 5.74) is 1.68. The van der Waals surface area contributed by atoms with Crippen molar-refractivity contribution in [1.29, 1.82) is 0 Å². The molecule has 39 heavy (non-hydrogen) atoms. The van der Waals surface area contributed by atoms with Crippen LogP contribution in [0.1, 0.15) is 25.3 Å². The number of aromatic nitrogens is 2. The molecular weight excluding hydrogens is 536 g/mol. The second-order valence-electron chi connectivity index (χ2n) is 10.8. The van der Waals surface area contributed by atoms with E-state index in [0.29, 0.717) is 35.9 Å². The lowest BCUT2D eigenvalue weighted by Crippen LogP contribution is -2.22. The fraction of sp³-hybridized carbons (Fsp3) is 0.310. The SMILES string of the molecule is CC(C)c1cn(COCC[Si](C)(C)C)c2nccc(Oc3c(F)cc(NC(=S)Oc4ccccc4)cc3F)c12. The Balaban J connectivity index is 1.56. The van der Waals surface area contributed by atoms with E-state index in [1.54, 1.807) is 36.5 Å². The van der Waals surface area contributed by atoms with Gasteiger partial charge in [-0.2, -0.15) is 0 Å². The van der Waals surface area contributed by atoms with Crippen molar-refractivity contribution < 1.29 is 23.0 Å². The molecule has 0 aliphatic heterocycles. The minimum atomic E-state index is -1.22. The second-order valence-corrected chi connectivity index (χ2v) is 16.8. The molecular formula is C29H33F2N3O3SSi. The third-order valence-corrected chi connectivity index (χ3v) is 7.90. The van der Waals surface area contributed by atoms with Gasteiger partial charge < -0.3 is 24.1 Å². The van der Waals surface area contributed by atoms with Gasteiger partial charge in [0.05, 0.1) is 5.39 Å². The Bertz CT molecular complexity index is 1430. The van der Waals surface area contributed by atoms with Crippen LogP contribution in [0, 0.1) is 11.6 Å². The smallest absolute Gasteiger partial charge is 0.266 e. The summed E-state index contributed by atoms with van der Waals surface area (Å²) in [7, 11) is -1.22. The van der Waals surface area contributed by atoms with E-state index < -0.39 is 25.5 Å². The molecule has 0 saturated heterocycles. The summed E-state index contributed by atoms with van der Waals surface area (Å²) < 4.78 is 49.4. The van der Waals surface area contributed by atoms with Gasteiger partial charge in [-0.05, 0) is 47.9 Å². The van der Waals surface area contributed by atoms with E-state index in [2.05, 4.69) is 29.9 Å². The molecule has 0 aliphatic rings. The Hall–Kier alpha value is -3.34. The first-order valence-electron chi connectivity index (χ1n) is 12.8. The highest BCUT2D eigenvalue weighted by molar-refractivity contribution is 7.80. The number of thiocarbonyl (C=S) groups is 1. The summed E-state index contributed by atoms with van der Waals surface area (Å²) in [6.07, 6.45) is 3.53. The topological polar surface area (TPSA) is 57.5 Å². The number of nitrogens with one attached hydrogen (secondary N) is 1. The first-order chi connectivity index (χ1) is 18.5. The van der Waals surface area contributed by atoms with Gasteiger partial charge in [-0.3, -0.25) is 0 Å². The lowest BCUT2D eigenvalue weighted by atomic mass is 10.0. The van der Waals surface area contributed by atoms with Gasteiger partial charge in [0.2, 0.25) is 0 Å². The number of hydrogen-bond donors (Lipinski definition) is 1. The molecule has 0 unspecified atom stereocenters. The number of halogens is 2. The van der Waals surface area contributed by atoms with Gasteiger partial charge in [-0.15, -0.1) is 0 Å². The number of anilines is 1. The summed E-state index contributed by atoms with van der Waals surface area (Å²) in [4.78, 5) is 4.53. The predicted molar refractivity (Wildman–Crippen MR) is 158 cm³/mol. The molecule has 0 bridgehead atoms. The van der Waals surface area contributed by atoms with Crippen LogP contribution in [0.4, 0.5) is 14.5 Å². The van der Waals surface area contributed by atoms with Crippen LogP contribution in [0.5, 0.6) is 17.2 Å². The van der Waals surface area contributed by atoms with Gasteiger partial charge in [0.25, 0.3) is 5.17 Å². The molecule has 10 heteroatoms. The van der Waals surface area contributed by atoms with Crippen LogP contribution in [0.25, 0.3) is 11.0 Å². The van der Waals surface area contributed by atoms with Crippen LogP contribution in [0.2, 0.25) is 25.7 Å². The zero-order valence-electron chi connectivity index (χ0n) is 22.8.